The van der Waals surface area contributed by atoms with Crippen molar-refractivity contribution >= 4 is 23.2 Å². The summed E-state index contributed by atoms with van der Waals surface area (Å²) in [6, 6.07) is 12.2. The Kier molecular flexibility index (Phi) is 7.28. The molecule has 0 N–H and O–H groups in total. The lowest BCUT2D eigenvalue weighted by Crippen LogP contribution is -2.51. The predicted molar refractivity (Wildman–Crippen MR) is 120 cm³/mol. The van der Waals surface area contributed by atoms with E-state index >= 15 is 0 Å². The molecule has 8 nitrogen and oxygen atoms in total. The molecule has 1 aliphatic heterocycles. The number of ether oxygens (including phenoxy) is 1. The maximum absolute atomic E-state index is 12.7. The third-order valence-corrected chi connectivity index (χ3v) is 6.06. The molecular weight excluding hydrogens is 428 g/mol. The number of hydrogen-bond acceptors (Lipinski definition) is 8. The van der Waals surface area contributed by atoms with Crippen LogP contribution >= 0.6 is 11.3 Å². The van der Waals surface area contributed by atoms with Crippen LogP contribution in [0.25, 0.3) is 11.4 Å². The molecule has 1 aromatic carbocycles. The number of thiophene rings is 1. The minimum absolute atomic E-state index is 0.0771. The van der Waals surface area contributed by atoms with E-state index in [0.29, 0.717) is 24.8 Å². The largest absolute Gasteiger partial charge is 0.453 e. The minimum Gasteiger partial charge on any atom is -0.453 e. The van der Waals surface area contributed by atoms with Gasteiger partial charge in [0, 0.05) is 50.1 Å². The lowest BCUT2D eigenvalue weighted by Gasteiger charge is -2.35. The highest BCUT2D eigenvalue weighted by atomic mass is 32.1. The van der Waals surface area contributed by atoms with Crippen LogP contribution in [0, 0.1) is 0 Å². The first-order valence-electron chi connectivity index (χ1n) is 10.7. The Balaban J connectivity index is 1.18. The summed E-state index contributed by atoms with van der Waals surface area (Å²) in [5.74, 6) is 0.264. The molecule has 0 aliphatic carbocycles. The van der Waals surface area contributed by atoms with Gasteiger partial charge in [0.2, 0.25) is 11.7 Å². The van der Waals surface area contributed by atoms with E-state index in [0.717, 1.165) is 25.2 Å². The summed E-state index contributed by atoms with van der Waals surface area (Å²) in [6.07, 6.45) is -0.463. The summed E-state index contributed by atoms with van der Waals surface area (Å²) in [6.45, 7) is 5.34. The quantitative estimate of drug-likeness (QED) is 0.484. The van der Waals surface area contributed by atoms with Gasteiger partial charge in [-0.15, -0.1) is 0 Å². The van der Waals surface area contributed by atoms with E-state index in [-0.39, 0.29) is 18.7 Å². The zero-order valence-corrected chi connectivity index (χ0v) is 18.8. The molecule has 2 aromatic heterocycles. The van der Waals surface area contributed by atoms with Crippen molar-refractivity contribution in [3.05, 3.63) is 58.6 Å². The van der Waals surface area contributed by atoms with Gasteiger partial charge in [-0.05, 0) is 23.9 Å². The highest BCUT2D eigenvalue weighted by Crippen LogP contribution is 2.19. The van der Waals surface area contributed by atoms with Crippen LogP contribution in [0.2, 0.25) is 0 Å². The zero-order valence-electron chi connectivity index (χ0n) is 18.0. The number of hydrogen-bond donors (Lipinski definition) is 0. The molecular formula is C23H26N4O4S. The second-order valence-corrected chi connectivity index (χ2v) is 8.52. The Hall–Kier alpha value is -3.04. The molecule has 1 saturated heterocycles. The van der Waals surface area contributed by atoms with Crippen LogP contribution < -0.4 is 0 Å². The molecule has 1 atom stereocenters. The fourth-order valence-corrected chi connectivity index (χ4v) is 4.24. The van der Waals surface area contributed by atoms with Crippen LogP contribution in [0.3, 0.4) is 0 Å². The Morgan fingerprint density at radius 3 is 2.66 bits per heavy atom. The Morgan fingerprint density at radius 2 is 1.94 bits per heavy atom. The van der Waals surface area contributed by atoms with Gasteiger partial charge in [0.1, 0.15) is 0 Å². The average molecular weight is 455 g/mol. The fraction of sp³-hybridized carbons (Fsp3) is 0.391. The van der Waals surface area contributed by atoms with Crippen molar-refractivity contribution in [2.24, 2.45) is 0 Å². The third kappa shape index (κ3) is 5.80. The smallest absolute Gasteiger partial charge is 0.307 e. The number of carbonyl (C=O) groups is 2. The van der Waals surface area contributed by atoms with Crippen molar-refractivity contribution in [1.29, 1.82) is 0 Å². The molecule has 9 heteroatoms. The second-order valence-electron chi connectivity index (χ2n) is 7.74. The number of aryl methyl sites for hydroxylation is 1. The predicted octanol–water partition coefficient (Wildman–Crippen LogP) is 3.01. The number of rotatable bonds is 8. The number of benzene rings is 1. The zero-order chi connectivity index (χ0) is 22.3. The summed E-state index contributed by atoms with van der Waals surface area (Å²) in [5.41, 5.74) is 2.15. The van der Waals surface area contributed by atoms with Crippen molar-refractivity contribution < 1.29 is 18.8 Å². The molecule has 1 aliphatic rings. The van der Waals surface area contributed by atoms with Crippen molar-refractivity contribution in [2.75, 3.05) is 26.2 Å². The van der Waals surface area contributed by atoms with Crippen LogP contribution in [0.1, 0.15) is 24.8 Å². The molecule has 0 spiro atoms. The second kappa shape index (κ2) is 10.5. The first kappa shape index (κ1) is 22.2. The van der Waals surface area contributed by atoms with Crippen LogP contribution in [0.5, 0.6) is 0 Å². The lowest BCUT2D eigenvalue weighted by atomic mass is 10.2. The van der Waals surface area contributed by atoms with Crippen molar-refractivity contribution in [2.45, 2.75) is 32.4 Å². The van der Waals surface area contributed by atoms with Gasteiger partial charge in [0.25, 0.3) is 5.91 Å². The molecule has 32 heavy (non-hydrogen) atoms. The van der Waals surface area contributed by atoms with Gasteiger partial charge in [-0.1, -0.05) is 35.5 Å². The van der Waals surface area contributed by atoms with E-state index in [2.05, 4.69) is 27.2 Å². The van der Waals surface area contributed by atoms with Gasteiger partial charge in [-0.2, -0.15) is 16.3 Å². The van der Waals surface area contributed by atoms with E-state index in [4.69, 9.17) is 9.26 Å². The Bertz CT molecular complexity index is 1010. The molecule has 4 rings (SSSR count). The van der Waals surface area contributed by atoms with Gasteiger partial charge < -0.3 is 14.2 Å². The number of esters is 1. The van der Waals surface area contributed by atoms with Gasteiger partial charge in [-0.25, -0.2) is 0 Å². The van der Waals surface area contributed by atoms with Gasteiger partial charge in [-0.3, -0.25) is 14.5 Å². The number of carbonyl (C=O) groups excluding carboxylic acids is 2. The number of nitrogens with zero attached hydrogens (tertiary/aromatic N) is 4. The van der Waals surface area contributed by atoms with E-state index in [1.54, 1.807) is 23.2 Å². The first-order valence-corrected chi connectivity index (χ1v) is 11.6. The number of piperazine rings is 1. The first-order chi connectivity index (χ1) is 15.6. The van der Waals surface area contributed by atoms with E-state index in [1.807, 2.05) is 35.0 Å². The van der Waals surface area contributed by atoms with Crippen LogP contribution in [-0.4, -0.2) is 64.1 Å². The monoisotopic (exact) mass is 454 g/mol. The molecule has 0 radical (unpaired) electrons. The minimum atomic E-state index is -0.813. The molecule has 3 aromatic rings. The standard InChI is InChI=1S/C23H26N4O4S/c1-17(23(29)27-12-10-26(11-13-27)15-18-5-3-2-4-6-18)30-21(28)8-7-20-24-22(25-31-20)19-9-14-32-16-19/h2-6,9,14,16-17H,7-8,10-13,15H2,1H3. The van der Waals surface area contributed by atoms with Gasteiger partial charge in [0.15, 0.2) is 6.10 Å². The molecule has 1 fully saturated rings. The maximum Gasteiger partial charge on any atom is 0.307 e. The SMILES string of the molecule is CC(OC(=O)CCc1nc(-c2ccsc2)no1)C(=O)N1CCN(Cc2ccccc2)CC1. The molecule has 168 valence electrons. The van der Waals surface area contributed by atoms with Crippen molar-refractivity contribution in [1.82, 2.24) is 19.9 Å². The normalized spacial score (nSPS) is 15.5. The Morgan fingerprint density at radius 1 is 1.16 bits per heavy atom. The molecule has 0 saturated carbocycles. The fourth-order valence-electron chi connectivity index (χ4n) is 3.61. The maximum atomic E-state index is 12.7. The van der Waals surface area contributed by atoms with Crippen molar-refractivity contribution in [3.63, 3.8) is 0 Å². The molecule has 1 unspecified atom stereocenters. The molecule has 0 bridgehead atoms. The topological polar surface area (TPSA) is 88.8 Å². The van der Waals surface area contributed by atoms with Gasteiger partial charge in [0.05, 0.1) is 6.42 Å². The average Bonchev–Trinajstić information content (AvgIpc) is 3.50. The summed E-state index contributed by atoms with van der Waals surface area (Å²) in [7, 11) is 0. The molecule has 1 amide bonds. The summed E-state index contributed by atoms with van der Waals surface area (Å²) >= 11 is 1.55. The lowest BCUT2D eigenvalue weighted by molar-refractivity contribution is -0.160. The highest BCUT2D eigenvalue weighted by Gasteiger charge is 2.27. The van der Waals surface area contributed by atoms with E-state index in [9.17, 15) is 9.59 Å². The van der Waals surface area contributed by atoms with Crippen LogP contribution in [0.15, 0.2) is 51.7 Å². The summed E-state index contributed by atoms with van der Waals surface area (Å²) in [4.78, 5) is 33.3. The van der Waals surface area contributed by atoms with E-state index < -0.39 is 12.1 Å². The Labute approximate surface area is 190 Å². The summed E-state index contributed by atoms with van der Waals surface area (Å²) < 4.78 is 10.6. The summed E-state index contributed by atoms with van der Waals surface area (Å²) in [5, 5.41) is 7.79. The van der Waals surface area contributed by atoms with Crippen molar-refractivity contribution in [3.8, 4) is 11.4 Å². The van der Waals surface area contributed by atoms with Crippen LogP contribution in [-0.2, 0) is 27.3 Å². The van der Waals surface area contributed by atoms with Crippen LogP contribution in [0.4, 0.5) is 0 Å². The number of aromatic nitrogens is 2. The molecule has 3 heterocycles. The third-order valence-electron chi connectivity index (χ3n) is 5.38. The number of amides is 1. The van der Waals surface area contributed by atoms with E-state index in [1.165, 1.54) is 5.56 Å². The van der Waals surface area contributed by atoms with Gasteiger partial charge >= 0.3 is 5.97 Å². The highest BCUT2D eigenvalue weighted by molar-refractivity contribution is 7.08.